The van der Waals surface area contributed by atoms with Gasteiger partial charge in [-0.25, -0.2) is 0 Å². The SMILES string of the molecule is COc1cccc(-n2c(C)cc([C@H]3[C@H](c4ccccn4)NC(=S)N3c3ccc(Cl)cc3)c2C)c1. The summed E-state index contributed by atoms with van der Waals surface area (Å²) < 4.78 is 7.73. The predicted octanol–water partition coefficient (Wildman–Crippen LogP) is 6.33. The van der Waals surface area contributed by atoms with Crippen molar-refractivity contribution in [3.63, 3.8) is 0 Å². The van der Waals surface area contributed by atoms with Gasteiger partial charge in [-0.2, -0.15) is 0 Å². The van der Waals surface area contributed by atoms with Crippen molar-refractivity contribution in [2.75, 3.05) is 12.0 Å². The summed E-state index contributed by atoms with van der Waals surface area (Å²) in [4.78, 5) is 6.83. The fourth-order valence-corrected chi connectivity index (χ4v) is 5.26. The summed E-state index contributed by atoms with van der Waals surface area (Å²) in [6.07, 6.45) is 1.82. The number of pyridine rings is 1. The molecule has 1 aliphatic heterocycles. The molecule has 7 heteroatoms. The van der Waals surface area contributed by atoms with Crippen molar-refractivity contribution in [3.05, 3.63) is 107 Å². The second-order valence-corrected chi connectivity index (χ2v) is 9.16. The Kier molecular flexibility index (Phi) is 6.02. The first kappa shape index (κ1) is 22.4. The van der Waals surface area contributed by atoms with Crippen LogP contribution in [0.25, 0.3) is 5.69 Å². The zero-order valence-electron chi connectivity index (χ0n) is 19.2. The molecule has 1 fully saturated rings. The second kappa shape index (κ2) is 9.12. The molecule has 0 radical (unpaired) electrons. The van der Waals surface area contributed by atoms with E-state index in [4.69, 9.17) is 28.6 Å². The minimum atomic E-state index is -0.108. The van der Waals surface area contributed by atoms with Crippen LogP contribution in [-0.4, -0.2) is 21.8 Å². The Labute approximate surface area is 210 Å². The Bertz CT molecular complexity index is 1340. The first-order valence-corrected chi connectivity index (χ1v) is 11.9. The van der Waals surface area contributed by atoms with Crippen molar-refractivity contribution < 1.29 is 4.74 Å². The standard InChI is InChI=1S/C27H25ClN4OS/c1-17-15-23(18(2)31(17)21-7-6-8-22(16-21)33-3)26-25(24-9-4-5-14-29-24)30-27(34)32(26)20-12-10-19(28)11-13-20/h4-16,25-26H,1-3H3,(H,30,34)/t25-,26-/m0/s1. The molecular formula is C27H25ClN4OS. The number of nitrogens with zero attached hydrogens (tertiary/aromatic N) is 3. The topological polar surface area (TPSA) is 42.3 Å². The molecule has 2 aromatic carbocycles. The molecule has 3 heterocycles. The quantitative estimate of drug-likeness (QED) is 0.332. The maximum atomic E-state index is 6.18. The molecule has 0 unspecified atom stereocenters. The molecule has 1 N–H and O–H groups in total. The molecule has 34 heavy (non-hydrogen) atoms. The van der Waals surface area contributed by atoms with Crippen LogP contribution in [0.15, 0.2) is 79.0 Å². The summed E-state index contributed by atoms with van der Waals surface area (Å²) in [5.41, 5.74) is 6.44. The number of aryl methyl sites for hydroxylation is 1. The lowest BCUT2D eigenvalue weighted by atomic mass is 9.96. The van der Waals surface area contributed by atoms with Crippen molar-refractivity contribution in [2.24, 2.45) is 0 Å². The van der Waals surface area contributed by atoms with Crippen molar-refractivity contribution in [2.45, 2.75) is 25.9 Å². The molecule has 0 aliphatic carbocycles. The van der Waals surface area contributed by atoms with Crippen LogP contribution in [0, 0.1) is 13.8 Å². The van der Waals surface area contributed by atoms with E-state index in [2.05, 4.69) is 51.8 Å². The van der Waals surface area contributed by atoms with Crippen LogP contribution in [-0.2, 0) is 0 Å². The van der Waals surface area contributed by atoms with Crippen LogP contribution in [0.1, 0.15) is 34.7 Å². The number of aromatic nitrogens is 2. The number of anilines is 1. The van der Waals surface area contributed by atoms with Gasteiger partial charge in [-0.1, -0.05) is 23.7 Å². The average molecular weight is 489 g/mol. The van der Waals surface area contributed by atoms with Crippen LogP contribution < -0.4 is 15.0 Å². The van der Waals surface area contributed by atoms with E-state index < -0.39 is 0 Å². The summed E-state index contributed by atoms with van der Waals surface area (Å²) in [6, 6.07) is 23.9. The number of rotatable bonds is 5. The Hall–Kier alpha value is -3.35. The largest absolute Gasteiger partial charge is 0.497 e. The predicted molar refractivity (Wildman–Crippen MR) is 141 cm³/mol. The molecule has 0 spiro atoms. The Morgan fingerprint density at radius 1 is 0.971 bits per heavy atom. The van der Waals surface area contributed by atoms with Gasteiger partial charge in [-0.15, -0.1) is 0 Å². The number of ether oxygens (including phenoxy) is 1. The zero-order valence-corrected chi connectivity index (χ0v) is 20.8. The van der Waals surface area contributed by atoms with E-state index in [1.54, 1.807) is 7.11 Å². The van der Waals surface area contributed by atoms with Gasteiger partial charge in [0.2, 0.25) is 0 Å². The summed E-state index contributed by atoms with van der Waals surface area (Å²) >= 11 is 12.0. The number of hydrogen-bond donors (Lipinski definition) is 1. The van der Waals surface area contributed by atoms with Crippen molar-refractivity contribution in [1.29, 1.82) is 0 Å². The molecule has 0 saturated carbocycles. The van der Waals surface area contributed by atoms with Crippen LogP contribution >= 0.6 is 23.8 Å². The van der Waals surface area contributed by atoms with E-state index in [1.807, 2.05) is 60.8 Å². The zero-order chi connectivity index (χ0) is 23.8. The molecule has 5 nitrogen and oxygen atoms in total. The van der Waals surface area contributed by atoms with Crippen LogP contribution in [0.3, 0.4) is 0 Å². The molecule has 5 rings (SSSR count). The number of nitrogens with one attached hydrogen (secondary N) is 1. The molecule has 0 bridgehead atoms. The summed E-state index contributed by atoms with van der Waals surface area (Å²) in [5.74, 6) is 0.824. The first-order chi connectivity index (χ1) is 16.5. The normalized spacial score (nSPS) is 17.6. The maximum Gasteiger partial charge on any atom is 0.174 e. The van der Waals surface area contributed by atoms with Crippen LogP contribution in [0.4, 0.5) is 5.69 Å². The highest BCUT2D eigenvalue weighted by Crippen LogP contribution is 2.44. The van der Waals surface area contributed by atoms with Crippen molar-refractivity contribution in [1.82, 2.24) is 14.9 Å². The van der Waals surface area contributed by atoms with Crippen LogP contribution in [0.5, 0.6) is 5.75 Å². The van der Waals surface area contributed by atoms with Crippen molar-refractivity contribution in [3.8, 4) is 11.4 Å². The van der Waals surface area contributed by atoms with E-state index in [0.717, 1.165) is 34.2 Å². The minimum Gasteiger partial charge on any atom is -0.497 e. The van der Waals surface area contributed by atoms with Gasteiger partial charge in [-0.05, 0) is 86.2 Å². The lowest BCUT2D eigenvalue weighted by Gasteiger charge is -2.28. The number of methoxy groups -OCH3 is 1. The third-order valence-corrected chi connectivity index (χ3v) is 6.87. The van der Waals surface area contributed by atoms with E-state index in [9.17, 15) is 0 Å². The van der Waals surface area contributed by atoms with Gasteiger partial charge in [0.15, 0.2) is 5.11 Å². The van der Waals surface area contributed by atoms with Gasteiger partial charge in [0, 0.05) is 40.0 Å². The van der Waals surface area contributed by atoms with E-state index in [0.29, 0.717) is 10.1 Å². The van der Waals surface area contributed by atoms with Gasteiger partial charge < -0.3 is 19.5 Å². The van der Waals surface area contributed by atoms with Crippen molar-refractivity contribution >= 4 is 34.6 Å². The first-order valence-electron chi connectivity index (χ1n) is 11.1. The highest BCUT2D eigenvalue weighted by Gasteiger charge is 2.42. The number of benzene rings is 2. The maximum absolute atomic E-state index is 6.18. The molecule has 1 aliphatic rings. The Morgan fingerprint density at radius 3 is 2.47 bits per heavy atom. The molecule has 172 valence electrons. The van der Waals surface area contributed by atoms with Gasteiger partial charge in [0.1, 0.15) is 5.75 Å². The number of hydrogen-bond acceptors (Lipinski definition) is 3. The molecule has 1 saturated heterocycles. The van der Waals surface area contributed by atoms with Gasteiger partial charge in [0.05, 0.1) is 24.9 Å². The Balaban J connectivity index is 1.67. The lowest BCUT2D eigenvalue weighted by Crippen LogP contribution is -2.29. The Morgan fingerprint density at radius 2 is 1.76 bits per heavy atom. The highest BCUT2D eigenvalue weighted by atomic mass is 35.5. The monoisotopic (exact) mass is 488 g/mol. The van der Waals surface area contributed by atoms with E-state index >= 15 is 0 Å². The third kappa shape index (κ3) is 3.93. The smallest absolute Gasteiger partial charge is 0.174 e. The number of halogens is 1. The van der Waals surface area contributed by atoms with Gasteiger partial charge in [-0.3, -0.25) is 4.98 Å². The fourth-order valence-electron chi connectivity index (χ4n) is 4.78. The molecule has 4 aromatic rings. The summed E-state index contributed by atoms with van der Waals surface area (Å²) in [5, 5.41) is 4.88. The summed E-state index contributed by atoms with van der Waals surface area (Å²) in [6.45, 7) is 4.28. The van der Waals surface area contributed by atoms with Gasteiger partial charge >= 0.3 is 0 Å². The third-order valence-electron chi connectivity index (χ3n) is 6.30. The van der Waals surface area contributed by atoms with E-state index in [-0.39, 0.29) is 12.1 Å². The highest BCUT2D eigenvalue weighted by molar-refractivity contribution is 7.80. The lowest BCUT2D eigenvalue weighted by molar-refractivity contribution is 0.414. The molecule has 2 atom stereocenters. The average Bonchev–Trinajstić information content (AvgIpc) is 3.35. The summed E-state index contributed by atoms with van der Waals surface area (Å²) in [7, 11) is 1.69. The molecule has 0 amide bonds. The van der Waals surface area contributed by atoms with E-state index in [1.165, 1.54) is 5.56 Å². The minimum absolute atomic E-state index is 0.0888. The van der Waals surface area contributed by atoms with Gasteiger partial charge in [0.25, 0.3) is 0 Å². The molecule has 2 aromatic heterocycles. The van der Waals surface area contributed by atoms with Crippen LogP contribution in [0.2, 0.25) is 5.02 Å². The number of thiocarbonyl (C=S) groups is 1. The second-order valence-electron chi connectivity index (χ2n) is 8.34. The fraction of sp³-hybridized carbons (Fsp3) is 0.185. The molecular weight excluding hydrogens is 464 g/mol.